The fourth-order valence-electron chi connectivity index (χ4n) is 2.46. The summed E-state index contributed by atoms with van der Waals surface area (Å²) in [5.74, 6) is 0. The minimum atomic E-state index is 0. The number of hydrogen-bond acceptors (Lipinski definition) is 0. The molecule has 1 aromatic rings. The van der Waals surface area contributed by atoms with Crippen LogP contribution in [0.5, 0.6) is 0 Å². The van der Waals surface area contributed by atoms with E-state index in [9.17, 15) is 0 Å². The van der Waals surface area contributed by atoms with Gasteiger partial charge in [0.15, 0.2) is 0 Å². The quantitative estimate of drug-likeness (QED) is 0.433. The van der Waals surface area contributed by atoms with Crippen LogP contribution in [0.4, 0.5) is 0 Å². The van der Waals surface area contributed by atoms with Crippen LogP contribution < -0.4 is 51.4 Å². The Balaban J connectivity index is 0.00000324. The first kappa shape index (κ1) is 19.9. The Morgan fingerprint density at radius 3 is 1.63 bits per heavy atom. The molecular formula is C18H30K+. The Morgan fingerprint density at radius 2 is 1.11 bits per heavy atom. The van der Waals surface area contributed by atoms with Crippen LogP contribution in [-0.4, -0.2) is 0 Å². The summed E-state index contributed by atoms with van der Waals surface area (Å²) in [6.45, 7) is 2.28. The molecule has 19 heavy (non-hydrogen) atoms. The molecule has 0 bridgehead atoms. The SMILES string of the molecule is CCCCCCCCCCCCc1ccccc1.[K+]. The molecule has 0 aromatic heterocycles. The van der Waals surface area contributed by atoms with E-state index >= 15 is 0 Å². The normalized spacial score (nSPS) is 10.2. The van der Waals surface area contributed by atoms with Gasteiger partial charge in [-0.3, -0.25) is 0 Å². The molecule has 1 rings (SSSR count). The summed E-state index contributed by atoms with van der Waals surface area (Å²) in [7, 11) is 0. The molecule has 0 atom stereocenters. The molecule has 0 aliphatic rings. The van der Waals surface area contributed by atoms with Crippen molar-refractivity contribution in [1.29, 1.82) is 0 Å². The van der Waals surface area contributed by atoms with E-state index in [0.29, 0.717) is 0 Å². The predicted molar refractivity (Wildman–Crippen MR) is 82.0 cm³/mol. The van der Waals surface area contributed by atoms with Gasteiger partial charge in [0.1, 0.15) is 0 Å². The van der Waals surface area contributed by atoms with E-state index in [4.69, 9.17) is 0 Å². The summed E-state index contributed by atoms with van der Waals surface area (Å²) in [6.07, 6.45) is 15.5. The van der Waals surface area contributed by atoms with E-state index in [1.54, 1.807) is 0 Å². The molecule has 0 fully saturated rings. The van der Waals surface area contributed by atoms with Crippen LogP contribution in [0.15, 0.2) is 30.3 Å². The van der Waals surface area contributed by atoms with Gasteiger partial charge in [-0.15, -0.1) is 0 Å². The fourth-order valence-corrected chi connectivity index (χ4v) is 2.46. The van der Waals surface area contributed by atoms with E-state index in [0.717, 1.165) is 0 Å². The van der Waals surface area contributed by atoms with E-state index in [1.807, 2.05) is 0 Å². The predicted octanol–water partition coefficient (Wildman–Crippen LogP) is 3.15. The van der Waals surface area contributed by atoms with Crippen molar-refractivity contribution in [2.24, 2.45) is 0 Å². The number of rotatable bonds is 11. The van der Waals surface area contributed by atoms with E-state index in [-0.39, 0.29) is 51.4 Å². The van der Waals surface area contributed by atoms with Gasteiger partial charge in [-0.2, -0.15) is 0 Å². The van der Waals surface area contributed by atoms with Crippen molar-refractivity contribution < 1.29 is 51.4 Å². The van der Waals surface area contributed by atoms with Gasteiger partial charge in [-0.05, 0) is 18.4 Å². The molecule has 0 aliphatic heterocycles. The third-order valence-electron chi connectivity index (χ3n) is 3.66. The zero-order chi connectivity index (χ0) is 12.9. The van der Waals surface area contributed by atoms with Crippen LogP contribution in [0, 0.1) is 0 Å². The van der Waals surface area contributed by atoms with Gasteiger partial charge < -0.3 is 0 Å². The maximum atomic E-state index is 2.28. The molecule has 0 heterocycles. The Bertz CT molecular complexity index is 268. The van der Waals surface area contributed by atoms with E-state index in [2.05, 4.69) is 37.3 Å². The largest absolute Gasteiger partial charge is 1.00 e. The molecule has 102 valence electrons. The monoisotopic (exact) mass is 285 g/mol. The molecule has 0 N–H and O–H groups in total. The van der Waals surface area contributed by atoms with Gasteiger partial charge >= 0.3 is 51.4 Å². The number of unbranched alkanes of at least 4 members (excludes halogenated alkanes) is 9. The number of aryl methyl sites for hydroxylation is 1. The summed E-state index contributed by atoms with van der Waals surface area (Å²) in [5.41, 5.74) is 1.50. The average Bonchev–Trinajstić information content (AvgIpc) is 2.42. The van der Waals surface area contributed by atoms with Crippen LogP contribution in [0.1, 0.15) is 76.7 Å². The molecule has 0 radical (unpaired) electrons. The summed E-state index contributed by atoms with van der Waals surface area (Å²) in [5, 5.41) is 0. The molecule has 1 heteroatoms. The van der Waals surface area contributed by atoms with Crippen LogP contribution >= 0.6 is 0 Å². The molecule has 0 aliphatic carbocycles. The van der Waals surface area contributed by atoms with Gasteiger partial charge in [0.25, 0.3) is 0 Å². The minimum absolute atomic E-state index is 0. The minimum Gasteiger partial charge on any atom is -0.0654 e. The molecule has 0 saturated carbocycles. The molecule has 0 saturated heterocycles. The zero-order valence-corrected chi connectivity index (χ0v) is 16.3. The second-order valence-electron chi connectivity index (χ2n) is 5.42. The topological polar surface area (TPSA) is 0 Å². The van der Waals surface area contributed by atoms with Crippen molar-refractivity contribution >= 4 is 0 Å². The van der Waals surface area contributed by atoms with Gasteiger partial charge in [0, 0.05) is 0 Å². The summed E-state index contributed by atoms with van der Waals surface area (Å²) in [6, 6.07) is 10.9. The van der Waals surface area contributed by atoms with Crippen molar-refractivity contribution in [1.82, 2.24) is 0 Å². The van der Waals surface area contributed by atoms with Crippen LogP contribution in [-0.2, 0) is 6.42 Å². The van der Waals surface area contributed by atoms with Gasteiger partial charge in [-0.25, -0.2) is 0 Å². The first-order valence-electron chi connectivity index (χ1n) is 7.97. The molecular weight excluding hydrogens is 255 g/mol. The first-order valence-corrected chi connectivity index (χ1v) is 7.97. The van der Waals surface area contributed by atoms with Crippen molar-refractivity contribution in [3.05, 3.63) is 35.9 Å². The Hall–Kier alpha value is 0.856. The van der Waals surface area contributed by atoms with Crippen LogP contribution in [0.25, 0.3) is 0 Å². The van der Waals surface area contributed by atoms with Gasteiger partial charge in [-0.1, -0.05) is 95.0 Å². The average molecular weight is 286 g/mol. The smallest absolute Gasteiger partial charge is 0.0654 e. The molecule has 0 amide bonds. The molecule has 0 nitrogen and oxygen atoms in total. The van der Waals surface area contributed by atoms with E-state index < -0.39 is 0 Å². The first-order chi connectivity index (χ1) is 8.93. The zero-order valence-electron chi connectivity index (χ0n) is 13.2. The third-order valence-corrected chi connectivity index (χ3v) is 3.66. The van der Waals surface area contributed by atoms with Gasteiger partial charge in [0.2, 0.25) is 0 Å². The van der Waals surface area contributed by atoms with Gasteiger partial charge in [0.05, 0.1) is 0 Å². The summed E-state index contributed by atoms with van der Waals surface area (Å²) < 4.78 is 0. The molecule has 0 unspecified atom stereocenters. The summed E-state index contributed by atoms with van der Waals surface area (Å²) in [4.78, 5) is 0. The van der Waals surface area contributed by atoms with E-state index in [1.165, 1.54) is 76.2 Å². The van der Waals surface area contributed by atoms with Crippen LogP contribution in [0.2, 0.25) is 0 Å². The number of benzene rings is 1. The summed E-state index contributed by atoms with van der Waals surface area (Å²) >= 11 is 0. The second kappa shape index (κ2) is 15.2. The molecule has 0 spiro atoms. The second-order valence-corrected chi connectivity index (χ2v) is 5.42. The fraction of sp³-hybridized carbons (Fsp3) is 0.667. The Kier molecular flexibility index (Phi) is 15.9. The van der Waals surface area contributed by atoms with Crippen LogP contribution in [0.3, 0.4) is 0 Å². The standard InChI is InChI=1S/C18H30.K/c1-2-3-4-5-6-7-8-9-10-12-15-18-16-13-11-14-17-18;/h11,13-14,16-17H,2-10,12,15H2,1H3;/q;+1. The van der Waals surface area contributed by atoms with Crippen molar-refractivity contribution in [2.75, 3.05) is 0 Å². The van der Waals surface area contributed by atoms with Crippen molar-refractivity contribution in [2.45, 2.75) is 77.6 Å². The van der Waals surface area contributed by atoms with Crippen molar-refractivity contribution in [3.8, 4) is 0 Å². The Labute approximate surface area is 163 Å². The molecule has 1 aromatic carbocycles. The Morgan fingerprint density at radius 1 is 0.632 bits per heavy atom. The number of hydrogen-bond donors (Lipinski definition) is 0. The van der Waals surface area contributed by atoms with Crippen molar-refractivity contribution in [3.63, 3.8) is 0 Å². The maximum Gasteiger partial charge on any atom is 1.00 e. The third kappa shape index (κ3) is 12.3. The maximum absolute atomic E-state index is 2.28.